The number of hydrogen-bond donors (Lipinski definition) is 1. The molecule has 0 saturated heterocycles. The Morgan fingerprint density at radius 2 is 1.48 bits per heavy atom. The summed E-state index contributed by atoms with van der Waals surface area (Å²) in [5.74, 6) is 0.593. The average Bonchev–Trinajstić information content (AvgIpc) is 2.80. The van der Waals surface area contributed by atoms with Gasteiger partial charge in [0.05, 0.1) is 0 Å². The molecule has 0 radical (unpaired) electrons. The Bertz CT molecular complexity index is 1020. The molecule has 3 rings (SSSR count). The van der Waals surface area contributed by atoms with Gasteiger partial charge < -0.3 is 19.5 Å². The van der Waals surface area contributed by atoms with E-state index in [9.17, 15) is 14.4 Å². The third-order valence-electron chi connectivity index (χ3n) is 4.15. The zero-order chi connectivity index (χ0) is 22.1. The standard InChI is InChI=1S/C24H21NO6/c1-17(30-23(27)16-29-20-11-7-18(15-26)8-12-20)24(28)25-19-9-13-22(14-10-19)31-21-5-3-2-4-6-21/h2-15,17H,16H2,1H3,(H,25,28)/t17-/m1/s1. The Morgan fingerprint density at radius 3 is 2.13 bits per heavy atom. The van der Waals surface area contributed by atoms with E-state index in [0.29, 0.717) is 34.8 Å². The van der Waals surface area contributed by atoms with Gasteiger partial charge in [0.2, 0.25) is 0 Å². The van der Waals surface area contributed by atoms with Gasteiger partial charge in [0.1, 0.15) is 23.5 Å². The number of aldehydes is 1. The van der Waals surface area contributed by atoms with E-state index in [1.165, 1.54) is 6.92 Å². The minimum Gasteiger partial charge on any atom is -0.482 e. The average molecular weight is 419 g/mol. The first-order valence-corrected chi connectivity index (χ1v) is 9.55. The van der Waals surface area contributed by atoms with E-state index in [1.54, 1.807) is 48.5 Å². The number of carbonyl (C=O) groups is 3. The first-order chi connectivity index (χ1) is 15.0. The molecule has 158 valence electrons. The minimum absolute atomic E-state index is 0.358. The van der Waals surface area contributed by atoms with E-state index in [1.807, 2.05) is 30.3 Å². The molecule has 3 aromatic rings. The van der Waals surface area contributed by atoms with E-state index in [-0.39, 0.29) is 6.61 Å². The van der Waals surface area contributed by atoms with E-state index < -0.39 is 18.0 Å². The normalized spacial score (nSPS) is 11.1. The number of para-hydroxylation sites is 1. The van der Waals surface area contributed by atoms with Crippen LogP contribution in [0.4, 0.5) is 5.69 Å². The molecule has 3 aromatic carbocycles. The molecule has 31 heavy (non-hydrogen) atoms. The van der Waals surface area contributed by atoms with E-state index in [0.717, 1.165) is 0 Å². The monoisotopic (exact) mass is 419 g/mol. The molecule has 7 heteroatoms. The summed E-state index contributed by atoms with van der Waals surface area (Å²) in [7, 11) is 0. The zero-order valence-electron chi connectivity index (χ0n) is 16.8. The lowest BCUT2D eigenvalue weighted by atomic mass is 10.2. The molecule has 0 fully saturated rings. The predicted molar refractivity (Wildman–Crippen MR) is 114 cm³/mol. The molecule has 0 unspecified atom stereocenters. The van der Waals surface area contributed by atoms with Crippen LogP contribution in [-0.4, -0.2) is 30.9 Å². The molecule has 0 bridgehead atoms. The van der Waals surface area contributed by atoms with Crippen molar-refractivity contribution < 1.29 is 28.6 Å². The van der Waals surface area contributed by atoms with Gasteiger partial charge in [0.15, 0.2) is 12.7 Å². The molecule has 1 atom stereocenters. The van der Waals surface area contributed by atoms with Crippen LogP contribution in [0.1, 0.15) is 17.3 Å². The van der Waals surface area contributed by atoms with Gasteiger partial charge in [-0.15, -0.1) is 0 Å². The van der Waals surface area contributed by atoms with Crippen LogP contribution in [0.2, 0.25) is 0 Å². The molecular formula is C24H21NO6. The van der Waals surface area contributed by atoms with E-state index >= 15 is 0 Å². The SMILES string of the molecule is C[C@@H](OC(=O)COc1ccc(C=O)cc1)C(=O)Nc1ccc(Oc2ccccc2)cc1. The van der Waals surface area contributed by atoms with E-state index in [2.05, 4.69) is 5.32 Å². The van der Waals surface area contributed by atoms with Crippen LogP contribution in [-0.2, 0) is 14.3 Å². The summed E-state index contributed by atoms with van der Waals surface area (Å²) in [6, 6.07) is 22.4. The Morgan fingerprint density at radius 1 is 0.871 bits per heavy atom. The molecule has 0 aliphatic rings. The number of carbonyl (C=O) groups excluding carboxylic acids is 3. The fraction of sp³-hybridized carbons (Fsp3) is 0.125. The number of rotatable bonds is 9. The number of anilines is 1. The number of ether oxygens (including phenoxy) is 3. The molecule has 1 N–H and O–H groups in total. The summed E-state index contributed by atoms with van der Waals surface area (Å²) in [5.41, 5.74) is 1.04. The Hall–Kier alpha value is -4.13. The van der Waals surface area contributed by atoms with Crippen LogP contribution in [0, 0.1) is 0 Å². The second-order valence-corrected chi connectivity index (χ2v) is 6.54. The highest BCUT2D eigenvalue weighted by molar-refractivity contribution is 5.95. The molecule has 1 amide bonds. The van der Waals surface area contributed by atoms with Gasteiger partial charge in [0, 0.05) is 11.3 Å². The van der Waals surface area contributed by atoms with Crippen molar-refractivity contribution in [1.29, 1.82) is 0 Å². The summed E-state index contributed by atoms with van der Waals surface area (Å²) in [6.07, 6.45) is -0.295. The van der Waals surface area contributed by atoms with Crippen molar-refractivity contribution in [1.82, 2.24) is 0 Å². The van der Waals surface area contributed by atoms with Crippen LogP contribution < -0.4 is 14.8 Å². The molecule has 0 spiro atoms. The van der Waals surface area contributed by atoms with Crippen LogP contribution in [0.5, 0.6) is 17.2 Å². The summed E-state index contributed by atoms with van der Waals surface area (Å²) in [5, 5.41) is 2.68. The maximum Gasteiger partial charge on any atom is 0.344 e. The van der Waals surface area contributed by atoms with E-state index in [4.69, 9.17) is 14.2 Å². The largest absolute Gasteiger partial charge is 0.482 e. The van der Waals surface area contributed by atoms with Crippen LogP contribution >= 0.6 is 0 Å². The van der Waals surface area contributed by atoms with Crippen molar-refractivity contribution in [2.24, 2.45) is 0 Å². The second kappa shape index (κ2) is 10.6. The van der Waals surface area contributed by atoms with Gasteiger partial charge in [-0.3, -0.25) is 9.59 Å². The quantitative estimate of drug-likeness (QED) is 0.412. The van der Waals surface area contributed by atoms with Crippen molar-refractivity contribution in [3.8, 4) is 17.2 Å². The van der Waals surface area contributed by atoms with Gasteiger partial charge in [-0.2, -0.15) is 0 Å². The van der Waals surface area contributed by atoms with Crippen molar-refractivity contribution in [2.75, 3.05) is 11.9 Å². The third kappa shape index (κ3) is 6.71. The molecule has 0 heterocycles. The molecule has 0 aliphatic carbocycles. The molecule has 0 aliphatic heterocycles. The maximum absolute atomic E-state index is 12.3. The van der Waals surface area contributed by atoms with Crippen molar-refractivity contribution in [3.05, 3.63) is 84.4 Å². The van der Waals surface area contributed by atoms with Crippen LogP contribution in [0.3, 0.4) is 0 Å². The van der Waals surface area contributed by atoms with Crippen LogP contribution in [0.25, 0.3) is 0 Å². The molecule has 7 nitrogen and oxygen atoms in total. The summed E-state index contributed by atoms with van der Waals surface area (Å²) in [6.45, 7) is 1.11. The topological polar surface area (TPSA) is 90.9 Å². The lowest BCUT2D eigenvalue weighted by Gasteiger charge is -2.14. The van der Waals surface area contributed by atoms with Gasteiger partial charge in [-0.25, -0.2) is 4.79 Å². The number of amides is 1. The molecule has 0 saturated carbocycles. The van der Waals surface area contributed by atoms with Gasteiger partial charge >= 0.3 is 5.97 Å². The lowest BCUT2D eigenvalue weighted by molar-refractivity contribution is -0.155. The minimum atomic E-state index is -1.01. The maximum atomic E-state index is 12.3. The first kappa shape index (κ1) is 21.6. The lowest BCUT2D eigenvalue weighted by Crippen LogP contribution is -2.31. The Labute approximate surface area is 179 Å². The summed E-state index contributed by atoms with van der Waals surface area (Å²) in [4.78, 5) is 34.8. The number of hydrogen-bond acceptors (Lipinski definition) is 6. The number of esters is 1. The van der Waals surface area contributed by atoms with Crippen molar-refractivity contribution in [3.63, 3.8) is 0 Å². The predicted octanol–water partition coefficient (Wildman–Crippen LogP) is 4.24. The summed E-state index contributed by atoms with van der Waals surface area (Å²) >= 11 is 0. The molecule has 0 aromatic heterocycles. The Balaban J connectivity index is 1.44. The number of benzene rings is 3. The van der Waals surface area contributed by atoms with Crippen LogP contribution in [0.15, 0.2) is 78.9 Å². The third-order valence-corrected chi connectivity index (χ3v) is 4.15. The van der Waals surface area contributed by atoms with Gasteiger partial charge in [-0.1, -0.05) is 18.2 Å². The second-order valence-electron chi connectivity index (χ2n) is 6.54. The fourth-order valence-corrected chi connectivity index (χ4v) is 2.54. The van der Waals surface area contributed by atoms with Crippen molar-refractivity contribution >= 4 is 23.9 Å². The van der Waals surface area contributed by atoms with Gasteiger partial charge in [-0.05, 0) is 67.6 Å². The smallest absolute Gasteiger partial charge is 0.344 e. The van der Waals surface area contributed by atoms with Gasteiger partial charge in [0.25, 0.3) is 5.91 Å². The highest BCUT2D eigenvalue weighted by Crippen LogP contribution is 2.22. The Kier molecular flexibility index (Phi) is 7.37. The zero-order valence-corrected chi connectivity index (χ0v) is 16.8. The van der Waals surface area contributed by atoms with Crippen molar-refractivity contribution in [2.45, 2.75) is 13.0 Å². The number of nitrogens with one attached hydrogen (secondary N) is 1. The highest BCUT2D eigenvalue weighted by atomic mass is 16.6. The first-order valence-electron chi connectivity index (χ1n) is 9.55. The summed E-state index contributed by atoms with van der Waals surface area (Å²) < 4.78 is 16.1. The fourth-order valence-electron chi connectivity index (χ4n) is 2.54. The molecular weight excluding hydrogens is 398 g/mol. The highest BCUT2D eigenvalue weighted by Gasteiger charge is 2.18.